The number of carbonyl (C=O) groups excluding carboxylic acids is 1. The van der Waals surface area contributed by atoms with E-state index < -0.39 is 5.60 Å². The second-order valence-corrected chi connectivity index (χ2v) is 5.51. The normalized spacial score (nSPS) is 20.9. The van der Waals surface area contributed by atoms with Crippen molar-refractivity contribution in [3.8, 4) is 0 Å². The summed E-state index contributed by atoms with van der Waals surface area (Å²) < 4.78 is 13.0. The van der Waals surface area contributed by atoms with Gasteiger partial charge in [0.05, 0.1) is 6.54 Å². The largest absolute Gasteiger partial charge is 0.383 e. The number of nitrogens with one attached hydrogen (secondary N) is 1. The number of nitrogens with zero attached hydrogens (tertiary/aromatic N) is 1. The maximum Gasteiger partial charge on any atom is 0.321 e. The monoisotopic (exact) mass is 300 g/mol. The van der Waals surface area contributed by atoms with Crippen LogP contribution >= 0.6 is 0 Å². The van der Waals surface area contributed by atoms with Gasteiger partial charge in [0.15, 0.2) is 0 Å². The number of para-hydroxylation sites is 1. The number of aliphatic hydroxyl groups is 1. The molecule has 1 saturated heterocycles. The molecule has 2 aromatic rings. The summed E-state index contributed by atoms with van der Waals surface area (Å²) >= 11 is 0. The van der Waals surface area contributed by atoms with Crippen molar-refractivity contribution in [1.29, 1.82) is 0 Å². The van der Waals surface area contributed by atoms with Crippen molar-refractivity contribution in [3.63, 3.8) is 0 Å². The van der Waals surface area contributed by atoms with Crippen LogP contribution in [0.5, 0.6) is 0 Å². The Morgan fingerprint density at radius 2 is 1.82 bits per heavy atom. The standard InChI is InChI=1S/C17H17FN2O2/c18-14-8-6-13(7-9-14)17(22)10-11-20(12-17)16(21)19-15-4-2-1-3-5-15/h1-9,22H,10-12H2,(H,19,21)/t17-/m0/s1. The Hall–Kier alpha value is -2.40. The van der Waals surface area contributed by atoms with Crippen LogP contribution in [0.1, 0.15) is 12.0 Å². The number of hydrogen-bond donors (Lipinski definition) is 2. The number of benzene rings is 2. The summed E-state index contributed by atoms with van der Waals surface area (Å²) in [6, 6.07) is 14.7. The van der Waals surface area contributed by atoms with Gasteiger partial charge in [-0.2, -0.15) is 0 Å². The minimum absolute atomic E-state index is 0.192. The first-order valence-electron chi connectivity index (χ1n) is 7.16. The van der Waals surface area contributed by atoms with Crippen LogP contribution in [0.2, 0.25) is 0 Å². The molecule has 1 atom stereocenters. The van der Waals surface area contributed by atoms with E-state index >= 15 is 0 Å². The summed E-state index contributed by atoms with van der Waals surface area (Å²) in [6.07, 6.45) is 0.431. The smallest absolute Gasteiger partial charge is 0.321 e. The van der Waals surface area contributed by atoms with E-state index in [0.717, 1.165) is 0 Å². The van der Waals surface area contributed by atoms with Gasteiger partial charge in [-0.25, -0.2) is 9.18 Å². The molecule has 0 spiro atoms. The zero-order valence-electron chi connectivity index (χ0n) is 12.0. The fourth-order valence-corrected chi connectivity index (χ4v) is 2.69. The summed E-state index contributed by atoms with van der Waals surface area (Å²) in [5.74, 6) is -0.343. The molecule has 0 unspecified atom stereocenters. The molecule has 0 aliphatic carbocycles. The van der Waals surface area contributed by atoms with Gasteiger partial charge in [-0.3, -0.25) is 0 Å². The Balaban J connectivity index is 1.68. The Morgan fingerprint density at radius 1 is 1.14 bits per heavy atom. The lowest BCUT2D eigenvalue weighted by Gasteiger charge is -2.24. The van der Waals surface area contributed by atoms with Crippen LogP contribution in [0.25, 0.3) is 0 Å². The number of urea groups is 1. The van der Waals surface area contributed by atoms with Crippen LogP contribution in [0.15, 0.2) is 54.6 Å². The van der Waals surface area contributed by atoms with Gasteiger partial charge < -0.3 is 15.3 Å². The second kappa shape index (κ2) is 5.77. The first-order valence-corrected chi connectivity index (χ1v) is 7.16. The minimum Gasteiger partial charge on any atom is -0.383 e. The Labute approximate surface area is 128 Å². The van der Waals surface area contributed by atoms with Crippen LogP contribution in [-0.4, -0.2) is 29.1 Å². The highest BCUT2D eigenvalue weighted by atomic mass is 19.1. The van der Waals surface area contributed by atoms with Crippen molar-refractivity contribution in [3.05, 3.63) is 66.0 Å². The fraction of sp³-hybridized carbons (Fsp3) is 0.235. The highest BCUT2D eigenvalue weighted by Gasteiger charge is 2.39. The molecule has 5 heteroatoms. The predicted molar refractivity (Wildman–Crippen MR) is 81.9 cm³/mol. The molecule has 2 amide bonds. The van der Waals surface area contributed by atoms with Crippen molar-refractivity contribution in [1.82, 2.24) is 4.90 Å². The van der Waals surface area contributed by atoms with E-state index in [9.17, 15) is 14.3 Å². The Morgan fingerprint density at radius 3 is 2.50 bits per heavy atom. The van der Waals surface area contributed by atoms with Crippen LogP contribution in [-0.2, 0) is 5.60 Å². The van der Waals surface area contributed by atoms with E-state index in [1.54, 1.807) is 29.2 Å². The molecule has 2 N–H and O–H groups in total. The maximum atomic E-state index is 13.0. The fourth-order valence-electron chi connectivity index (χ4n) is 2.69. The van der Waals surface area contributed by atoms with Gasteiger partial charge in [0.25, 0.3) is 0 Å². The van der Waals surface area contributed by atoms with Crippen LogP contribution < -0.4 is 5.32 Å². The third-order valence-electron chi connectivity index (χ3n) is 3.94. The molecule has 1 heterocycles. The van der Waals surface area contributed by atoms with E-state index in [4.69, 9.17) is 0 Å². The Bertz CT molecular complexity index is 660. The lowest BCUT2D eigenvalue weighted by Crippen LogP contribution is -2.36. The van der Waals surface area contributed by atoms with Gasteiger partial charge in [-0.15, -0.1) is 0 Å². The number of β-amino-alcohol motifs (C(OH)–C–C–N with tert-alkyl or cyclic N) is 1. The van der Waals surface area contributed by atoms with Crippen molar-refractivity contribution in [2.75, 3.05) is 18.4 Å². The van der Waals surface area contributed by atoms with Crippen LogP contribution in [0.4, 0.5) is 14.9 Å². The SMILES string of the molecule is O=C(Nc1ccccc1)N1CC[C@@](O)(c2ccc(F)cc2)C1. The number of amides is 2. The number of rotatable bonds is 2. The summed E-state index contributed by atoms with van der Waals surface area (Å²) in [6.45, 7) is 0.643. The van der Waals surface area contributed by atoms with Crippen molar-refractivity contribution in [2.45, 2.75) is 12.0 Å². The van der Waals surface area contributed by atoms with E-state index in [0.29, 0.717) is 24.2 Å². The molecule has 2 aromatic carbocycles. The molecule has 0 radical (unpaired) electrons. The van der Waals surface area contributed by atoms with E-state index in [2.05, 4.69) is 5.32 Å². The van der Waals surface area contributed by atoms with Gasteiger partial charge in [0.1, 0.15) is 11.4 Å². The third-order valence-corrected chi connectivity index (χ3v) is 3.94. The van der Waals surface area contributed by atoms with Crippen molar-refractivity contribution < 1.29 is 14.3 Å². The van der Waals surface area contributed by atoms with E-state index in [1.807, 2.05) is 18.2 Å². The summed E-state index contributed by atoms with van der Waals surface area (Å²) in [7, 11) is 0. The average Bonchev–Trinajstić information content (AvgIpc) is 2.93. The number of carbonyl (C=O) groups is 1. The highest BCUT2D eigenvalue weighted by Crippen LogP contribution is 2.32. The maximum absolute atomic E-state index is 13.0. The number of likely N-dealkylation sites (tertiary alicyclic amines) is 1. The van der Waals surface area contributed by atoms with Gasteiger partial charge in [0.2, 0.25) is 0 Å². The second-order valence-electron chi connectivity index (χ2n) is 5.51. The summed E-state index contributed by atoms with van der Waals surface area (Å²) in [4.78, 5) is 13.8. The third kappa shape index (κ3) is 2.94. The van der Waals surface area contributed by atoms with Gasteiger partial charge in [-0.1, -0.05) is 30.3 Å². The minimum atomic E-state index is -1.12. The molecule has 22 heavy (non-hydrogen) atoms. The lowest BCUT2D eigenvalue weighted by atomic mass is 9.93. The first kappa shape index (κ1) is 14.5. The molecule has 4 nitrogen and oxygen atoms in total. The molecule has 1 aliphatic heterocycles. The van der Waals surface area contributed by atoms with Crippen LogP contribution in [0, 0.1) is 5.82 Å². The van der Waals surface area contributed by atoms with E-state index in [1.165, 1.54) is 12.1 Å². The van der Waals surface area contributed by atoms with Crippen LogP contribution in [0.3, 0.4) is 0 Å². The quantitative estimate of drug-likeness (QED) is 0.896. The van der Waals surface area contributed by atoms with Gasteiger partial charge >= 0.3 is 6.03 Å². The zero-order valence-corrected chi connectivity index (χ0v) is 12.0. The molecular formula is C17H17FN2O2. The van der Waals surface area contributed by atoms with Crippen molar-refractivity contribution in [2.24, 2.45) is 0 Å². The molecule has 0 aromatic heterocycles. The number of anilines is 1. The lowest BCUT2D eigenvalue weighted by molar-refractivity contribution is 0.0500. The molecule has 3 rings (SSSR count). The van der Waals surface area contributed by atoms with E-state index in [-0.39, 0.29) is 18.4 Å². The molecule has 1 aliphatic rings. The zero-order chi connectivity index (χ0) is 15.6. The Kier molecular flexibility index (Phi) is 3.81. The summed E-state index contributed by atoms with van der Waals surface area (Å²) in [5, 5.41) is 13.5. The van der Waals surface area contributed by atoms with Gasteiger partial charge in [-0.05, 0) is 36.2 Å². The summed E-state index contributed by atoms with van der Waals surface area (Å²) in [5.41, 5.74) is 0.218. The van der Waals surface area contributed by atoms with Gasteiger partial charge in [0, 0.05) is 12.2 Å². The first-order chi connectivity index (χ1) is 10.6. The molecule has 1 fully saturated rings. The highest BCUT2D eigenvalue weighted by molar-refractivity contribution is 5.89. The molecule has 114 valence electrons. The predicted octanol–water partition coefficient (Wildman–Crippen LogP) is 2.95. The number of halogens is 1. The average molecular weight is 300 g/mol. The van der Waals surface area contributed by atoms with Crippen molar-refractivity contribution >= 4 is 11.7 Å². The molecule has 0 bridgehead atoms. The molecular weight excluding hydrogens is 283 g/mol. The molecule has 0 saturated carbocycles. The number of hydrogen-bond acceptors (Lipinski definition) is 2. The topological polar surface area (TPSA) is 52.6 Å².